The molecule has 1 spiro atoms. The summed E-state index contributed by atoms with van der Waals surface area (Å²) in [5, 5.41) is 1.14. The number of hydrogen-bond acceptors (Lipinski definition) is 4. The van der Waals surface area contributed by atoms with Crippen molar-refractivity contribution in [2.24, 2.45) is 0 Å². The molecule has 0 fully saturated rings. The molecule has 0 N–H and O–H groups in total. The maximum Gasteiger partial charge on any atom is 0.164 e. The fourth-order valence-electron chi connectivity index (χ4n) is 8.56. The first-order valence-electron chi connectivity index (χ1n) is 17.6. The van der Waals surface area contributed by atoms with E-state index in [1.54, 1.807) is 0 Å². The second-order valence-corrected chi connectivity index (χ2v) is 13.5. The molecule has 242 valence electrons. The number of rotatable bonds is 4. The molecule has 2 heterocycles. The van der Waals surface area contributed by atoms with E-state index in [-0.39, 0.29) is 0 Å². The molecule has 1 unspecified atom stereocenters. The molecule has 0 amide bonds. The van der Waals surface area contributed by atoms with Crippen LogP contribution in [0.5, 0.6) is 0 Å². The Hall–Kier alpha value is -6.91. The second-order valence-electron chi connectivity index (χ2n) is 13.5. The summed E-state index contributed by atoms with van der Waals surface area (Å²) >= 11 is 0. The zero-order chi connectivity index (χ0) is 34.2. The maximum atomic E-state index is 6.94. The standard InChI is InChI=1S/C48H29N3O/c1-3-14-30(15-4-1)31-26-28-33(29-27-31)46-49-45(32-16-5-2-6-17-32)50-47(51-46)37-21-13-24-40-42(37)34-18-7-10-22-38(34)48(40)39-23-11-8-19-35(39)43-36-20-9-12-25-41(36)52-44(43)48/h1-29H. The molecule has 2 aromatic heterocycles. The Morgan fingerprint density at radius 1 is 0.346 bits per heavy atom. The quantitative estimate of drug-likeness (QED) is 0.188. The molecule has 0 bridgehead atoms. The SMILES string of the molecule is c1ccc(-c2ccc(-c3nc(-c4ccccc4)nc(-c4cccc5c4-c4ccccc4C54c5ccccc5-c5c4oc4ccccc54)n3)cc2)cc1. The normalized spacial score (nSPS) is 15.0. The van der Waals surface area contributed by atoms with E-state index >= 15 is 0 Å². The summed E-state index contributed by atoms with van der Waals surface area (Å²) in [6.07, 6.45) is 0. The Morgan fingerprint density at radius 2 is 0.827 bits per heavy atom. The van der Waals surface area contributed by atoms with Crippen LogP contribution in [0.2, 0.25) is 0 Å². The summed E-state index contributed by atoms with van der Waals surface area (Å²) in [5.41, 5.74) is 13.7. The zero-order valence-corrected chi connectivity index (χ0v) is 28.0. The van der Waals surface area contributed by atoms with Crippen LogP contribution >= 0.6 is 0 Å². The van der Waals surface area contributed by atoms with Crippen LogP contribution in [-0.4, -0.2) is 15.0 Å². The van der Waals surface area contributed by atoms with Crippen molar-refractivity contribution in [2.75, 3.05) is 0 Å². The molecule has 0 aliphatic heterocycles. The highest BCUT2D eigenvalue weighted by Gasteiger charge is 2.55. The third-order valence-corrected chi connectivity index (χ3v) is 10.8. The molecule has 2 aliphatic carbocycles. The van der Waals surface area contributed by atoms with Gasteiger partial charge in [-0.15, -0.1) is 0 Å². The van der Waals surface area contributed by atoms with Crippen LogP contribution < -0.4 is 0 Å². The van der Waals surface area contributed by atoms with Gasteiger partial charge in [0.1, 0.15) is 16.8 Å². The Kier molecular flexibility index (Phi) is 6.13. The molecule has 0 saturated heterocycles. The number of hydrogen-bond donors (Lipinski definition) is 0. The van der Waals surface area contributed by atoms with E-state index < -0.39 is 5.41 Å². The minimum absolute atomic E-state index is 0.627. The van der Waals surface area contributed by atoms with Crippen molar-refractivity contribution in [3.05, 3.63) is 198 Å². The average molecular weight is 664 g/mol. The highest BCUT2D eigenvalue weighted by molar-refractivity contribution is 6.05. The number of nitrogens with zero attached hydrogens (tertiary/aromatic N) is 3. The molecule has 9 aromatic rings. The van der Waals surface area contributed by atoms with Crippen LogP contribution in [0, 0.1) is 0 Å². The highest BCUT2D eigenvalue weighted by Crippen LogP contribution is 2.65. The van der Waals surface area contributed by atoms with Gasteiger partial charge in [-0.2, -0.15) is 0 Å². The fraction of sp³-hybridized carbons (Fsp3) is 0.0208. The smallest absolute Gasteiger partial charge is 0.164 e. The van der Waals surface area contributed by atoms with E-state index in [4.69, 9.17) is 19.4 Å². The van der Waals surface area contributed by atoms with Crippen LogP contribution in [0.15, 0.2) is 180 Å². The topological polar surface area (TPSA) is 51.8 Å². The summed E-state index contributed by atoms with van der Waals surface area (Å²) in [7, 11) is 0. The Labute approximate surface area is 300 Å². The van der Waals surface area contributed by atoms with Gasteiger partial charge in [0.05, 0.1) is 0 Å². The number of aromatic nitrogens is 3. The molecule has 0 saturated carbocycles. The second kappa shape index (κ2) is 11.0. The summed E-state index contributed by atoms with van der Waals surface area (Å²) in [6.45, 7) is 0. The van der Waals surface area contributed by atoms with Crippen LogP contribution in [0.1, 0.15) is 22.5 Å². The summed E-state index contributed by atoms with van der Waals surface area (Å²) in [6, 6.07) is 61.6. The van der Waals surface area contributed by atoms with Gasteiger partial charge in [0.15, 0.2) is 17.5 Å². The van der Waals surface area contributed by atoms with Crippen molar-refractivity contribution in [2.45, 2.75) is 5.41 Å². The summed E-state index contributed by atoms with van der Waals surface area (Å²) in [4.78, 5) is 15.5. The molecule has 52 heavy (non-hydrogen) atoms. The Balaban J connectivity index is 1.17. The zero-order valence-electron chi connectivity index (χ0n) is 28.0. The van der Waals surface area contributed by atoms with E-state index in [1.165, 1.54) is 33.4 Å². The summed E-state index contributed by atoms with van der Waals surface area (Å²) < 4.78 is 6.94. The van der Waals surface area contributed by atoms with Gasteiger partial charge < -0.3 is 4.42 Å². The lowest BCUT2D eigenvalue weighted by atomic mass is 9.73. The highest BCUT2D eigenvalue weighted by atomic mass is 16.3. The Morgan fingerprint density at radius 3 is 1.54 bits per heavy atom. The van der Waals surface area contributed by atoms with Crippen molar-refractivity contribution in [1.29, 1.82) is 0 Å². The first-order chi connectivity index (χ1) is 25.8. The minimum Gasteiger partial charge on any atom is -0.459 e. The number of benzene rings is 7. The van der Waals surface area contributed by atoms with E-state index in [0.717, 1.165) is 50.1 Å². The van der Waals surface area contributed by atoms with Crippen molar-refractivity contribution >= 4 is 11.0 Å². The third kappa shape index (κ3) is 4.00. The number of fused-ring (bicyclic) bond motifs is 12. The van der Waals surface area contributed by atoms with Crippen LogP contribution in [0.3, 0.4) is 0 Å². The van der Waals surface area contributed by atoms with Gasteiger partial charge in [-0.1, -0.05) is 170 Å². The third-order valence-electron chi connectivity index (χ3n) is 10.8. The predicted octanol–water partition coefficient (Wildman–Crippen LogP) is 11.6. The molecule has 2 aliphatic rings. The molecule has 1 atom stereocenters. The van der Waals surface area contributed by atoms with Crippen molar-refractivity contribution in [1.82, 2.24) is 15.0 Å². The predicted molar refractivity (Wildman–Crippen MR) is 208 cm³/mol. The van der Waals surface area contributed by atoms with Crippen molar-refractivity contribution in [3.8, 4) is 67.5 Å². The Bertz CT molecular complexity index is 2840. The molecular formula is C48H29N3O. The molecule has 11 rings (SSSR count). The van der Waals surface area contributed by atoms with Crippen LogP contribution in [-0.2, 0) is 5.41 Å². The molecule has 4 nitrogen and oxygen atoms in total. The first kappa shape index (κ1) is 28.9. The van der Waals surface area contributed by atoms with E-state index in [1.807, 2.05) is 30.3 Å². The van der Waals surface area contributed by atoms with Crippen LogP contribution in [0.4, 0.5) is 0 Å². The molecule has 4 heteroatoms. The van der Waals surface area contributed by atoms with Crippen molar-refractivity contribution < 1.29 is 4.42 Å². The summed E-state index contributed by atoms with van der Waals surface area (Å²) in [5.74, 6) is 2.87. The van der Waals surface area contributed by atoms with Gasteiger partial charge in [-0.25, -0.2) is 15.0 Å². The van der Waals surface area contributed by atoms with E-state index in [9.17, 15) is 0 Å². The minimum atomic E-state index is -0.627. The lowest BCUT2D eigenvalue weighted by Crippen LogP contribution is -2.25. The van der Waals surface area contributed by atoms with E-state index in [0.29, 0.717) is 17.5 Å². The molecule has 7 aromatic carbocycles. The van der Waals surface area contributed by atoms with Crippen molar-refractivity contribution in [3.63, 3.8) is 0 Å². The van der Waals surface area contributed by atoms with Gasteiger partial charge in [0, 0.05) is 27.6 Å². The molecule has 0 radical (unpaired) electrons. The monoisotopic (exact) mass is 663 g/mol. The average Bonchev–Trinajstić information content (AvgIpc) is 3.85. The van der Waals surface area contributed by atoms with Gasteiger partial charge in [0.2, 0.25) is 0 Å². The van der Waals surface area contributed by atoms with Gasteiger partial charge in [0.25, 0.3) is 0 Å². The van der Waals surface area contributed by atoms with Gasteiger partial charge >= 0.3 is 0 Å². The first-order valence-corrected chi connectivity index (χ1v) is 17.6. The van der Waals surface area contributed by atoms with E-state index in [2.05, 4.69) is 146 Å². The fourth-order valence-corrected chi connectivity index (χ4v) is 8.56. The van der Waals surface area contributed by atoms with Crippen LogP contribution in [0.25, 0.3) is 78.5 Å². The lowest BCUT2D eigenvalue weighted by molar-refractivity contribution is 0.507. The molecular weight excluding hydrogens is 635 g/mol. The number of para-hydroxylation sites is 1. The largest absolute Gasteiger partial charge is 0.459 e. The van der Waals surface area contributed by atoms with Gasteiger partial charge in [-0.3, -0.25) is 0 Å². The lowest BCUT2D eigenvalue weighted by Gasteiger charge is -2.28. The maximum absolute atomic E-state index is 6.94. The van der Waals surface area contributed by atoms with Gasteiger partial charge in [-0.05, 0) is 50.6 Å². The number of furan rings is 1.